The molecule has 30 heavy (non-hydrogen) atoms. The molecule has 0 aliphatic carbocycles. The highest BCUT2D eigenvalue weighted by molar-refractivity contribution is 5.97. The zero-order chi connectivity index (χ0) is 21.9. The monoisotopic (exact) mass is 416 g/mol. The number of benzene rings is 2. The van der Waals surface area contributed by atoms with E-state index in [1.165, 1.54) is 0 Å². The molecule has 0 aromatic heterocycles. The first-order valence-electron chi connectivity index (χ1n) is 10.7. The van der Waals surface area contributed by atoms with Gasteiger partial charge in [0.2, 0.25) is 0 Å². The van der Waals surface area contributed by atoms with E-state index in [9.17, 15) is 9.59 Å². The van der Waals surface area contributed by atoms with Crippen LogP contribution < -0.4 is 9.47 Å². The first-order chi connectivity index (χ1) is 14.5. The van der Waals surface area contributed by atoms with E-state index < -0.39 is 12.3 Å². The Balaban J connectivity index is 2.19. The van der Waals surface area contributed by atoms with Crippen molar-refractivity contribution >= 4 is 23.1 Å². The minimum absolute atomic E-state index is 0.327. The first-order valence-corrected chi connectivity index (χ1v) is 10.7. The Morgan fingerprint density at radius 3 is 1.97 bits per heavy atom. The minimum atomic E-state index is -0.739. The average molecular weight is 417 g/mol. The van der Waals surface area contributed by atoms with Gasteiger partial charge < -0.3 is 18.9 Å². The van der Waals surface area contributed by atoms with Gasteiger partial charge in [0.15, 0.2) is 0 Å². The lowest BCUT2D eigenvalue weighted by Crippen LogP contribution is -2.14. The molecule has 6 heteroatoms. The molecule has 0 unspecified atom stereocenters. The predicted octanol–water partition coefficient (Wildman–Crippen LogP) is 6.87. The quantitative estimate of drug-likeness (QED) is 0.239. The molecule has 2 aromatic carbocycles. The Morgan fingerprint density at radius 1 is 0.767 bits per heavy atom. The molecule has 0 fully saturated rings. The zero-order valence-corrected chi connectivity index (χ0v) is 18.4. The van der Waals surface area contributed by atoms with E-state index in [-0.39, 0.29) is 0 Å². The van der Waals surface area contributed by atoms with Crippen LogP contribution in [0.5, 0.6) is 11.5 Å². The second-order valence-electron chi connectivity index (χ2n) is 7.39. The van der Waals surface area contributed by atoms with Crippen molar-refractivity contribution in [2.24, 2.45) is 0 Å². The van der Waals surface area contributed by atoms with Gasteiger partial charge in [-0.15, -0.1) is 0 Å². The summed E-state index contributed by atoms with van der Waals surface area (Å²) in [6, 6.07) is 7.30. The predicted molar refractivity (Wildman–Crippen MR) is 116 cm³/mol. The van der Waals surface area contributed by atoms with Crippen molar-refractivity contribution in [2.45, 2.75) is 66.2 Å². The molecule has 0 N–H and O–H groups in total. The maximum atomic E-state index is 12.1. The third-order valence-electron chi connectivity index (χ3n) is 4.71. The van der Waals surface area contributed by atoms with Crippen LogP contribution in [-0.2, 0) is 9.47 Å². The molecule has 0 saturated carbocycles. The van der Waals surface area contributed by atoms with Crippen LogP contribution in [-0.4, -0.2) is 25.5 Å². The number of hydrogen-bond acceptors (Lipinski definition) is 6. The Kier molecular flexibility index (Phi) is 9.45. The molecular formula is C24H32O6. The summed E-state index contributed by atoms with van der Waals surface area (Å²) in [5.41, 5.74) is 1.65. The van der Waals surface area contributed by atoms with E-state index in [1.54, 1.807) is 13.0 Å². The summed E-state index contributed by atoms with van der Waals surface area (Å²) in [6.45, 7) is 8.56. The van der Waals surface area contributed by atoms with Crippen LogP contribution in [0.4, 0.5) is 9.59 Å². The highest BCUT2D eigenvalue weighted by atomic mass is 16.7. The van der Waals surface area contributed by atoms with Crippen molar-refractivity contribution in [1.82, 2.24) is 0 Å². The second-order valence-corrected chi connectivity index (χ2v) is 7.39. The van der Waals surface area contributed by atoms with Crippen molar-refractivity contribution in [2.75, 3.05) is 13.2 Å². The highest BCUT2D eigenvalue weighted by Crippen LogP contribution is 2.37. The van der Waals surface area contributed by atoms with Crippen LogP contribution in [0.1, 0.15) is 63.5 Å². The molecule has 0 atom stereocenters. The van der Waals surface area contributed by atoms with E-state index >= 15 is 0 Å². The fourth-order valence-electron chi connectivity index (χ4n) is 3.08. The lowest BCUT2D eigenvalue weighted by atomic mass is 10.0. The number of aryl methyl sites for hydroxylation is 2. The molecule has 164 valence electrons. The van der Waals surface area contributed by atoms with Crippen molar-refractivity contribution in [1.29, 1.82) is 0 Å². The average Bonchev–Trinajstić information content (AvgIpc) is 2.71. The van der Waals surface area contributed by atoms with Gasteiger partial charge in [0, 0.05) is 10.8 Å². The molecule has 0 aliphatic heterocycles. The summed E-state index contributed by atoms with van der Waals surface area (Å²) in [5.74, 6) is 0.768. The van der Waals surface area contributed by atoms with E-state index in [2.05, 4.69) is 13.8 Å². The van der Waals surface area contributed by atoms with Gasteiger partial charge in [-0.2, -0.15) is 0 Å². The number of hydrogen-bond donors (Lipinski definition) is 0. The fraction of sp³-hybridized carbons (Fsp3) is 0.500. The largest absolute Gasteiger partial charge is 0.513 e. The lowest BCUT2D eigenvalue weighted by molar-refractivity contribution is 0.0957. The van der Waals surface area contributed by atoms with Gasteiger partial charge in [-0.05, 0) is 44.4 Å². The summed E-state index contributed by atoms with van der Waals surface area (Å²) in [7, 11) is 0. The molecule has 0 amide bonds. The molecular weight excluding hydrogens is 384 g/mol. The molecule has 0 bridgehead atoms. The van der Waals surface area contributed by atoms with Gasteiger partial charge in [0.05, 0.1) is 13.2 Å². The van der Waals surface area contributed by atoms with E-state index in [0.29, 0.717) is 41.0 Å². The summed E-state index contributed by atoms with van der Waals surface area (Å²) in [6.07, 6.45) is 4.21. The maximum absolute atomic E-state index is 12.1. The van der Waals surface area contributed by atoms with E-state index in [1.807, 2.05) is 25.1 Å². The number of carbonyl (C=O) groups is 2. The van der Waals surface area contributed by atoms with Gasteiger partial charge in [0.25, 0.3) is 0 Å². The molecule has 0 heterocycles. The summed E-state index contributed by atoms with van der Waals surface area (Å²) < 4.78 is 21.3. The molecule has 2 rings (SSSR count). The third kappa shape index (κ3) is 6.94. The van der Waals surface area contributed by atoms with Gasteiger partial charge in [-0.25, -0.2) is 9.59 Å². The number of carbonyl (C=O) groups excluding carboxylic acids is 2. The maximum Gasteiger partial charge on any atom is 0.513 e. The lowest BCUT2D eigenvalue weighted by Gasteiger charge is -2.15. The number of unbranched alkanes of at least 4 members (excludes halogenated alkanes) is 4. The van der Waals surface area contributed by atoms with E-state index in [4.69, 9.17) is 18.9 Å². The Morgan fingerprint density at radius 2 is 1.37 bits per heavy atom. The number of ether oxygens (including phenoxy) is 4. The van der Waals surface area contributed by atoms with Crippen LogP contribution in [0.15, 0.2) is 24.3 Å². The topological polar surface area (TPSA) is 71.1 Å². The molecule has 0 aliphatic rings. The SMILES string of the molecule is CCCCCOC(=O)Oc1cc(C)c(OC(=O)OCCCCC)c2cc(C)ccc12. The first kappa shape index (κ1) is 23.5. The van der Waals surface area contributed by atoms with Crippen molar-refractivity contribution in [3.63, 3.8) is 0 Å². The number of fused-ring (bicyclic) bond motifs is 1. The Hall–Kier alpha value is -2.76. The Bertz CT molecular complexity index is 858. The Labute approximate surface area is 178 Å². The van der Waals surface area contributed by atoms with Crippen LogP contribution in [0.3, 0.4) is 0 Å². The smallest absolute Gasteiger partial charge is 0.434 e. The summed E-state index contributed by atoms with van der Waals surface area (Å²) in [4.78, 5) is 24.2. The van der Waals surface area contributed by atoms with Gasteiger partial charge in [-0.3, -0.25) is 0 Å². The van der Waals surface area contributed by atoms with Crippen LogP contribution in [0, 0.1) is 13.8 Å². The summed E-state index contributed by atoms with van der Waals surface area (Å²) in [5, 5.41) is 1.33. The highest BCUT2D eigenvalue weighted by Gasteiger charge is 2.18. The van der Waals surface area contributed by atoms with Crippen LogP contribution >= 0.6 is 0 Å². The van der Waals surface area contributed by atoms with Crippen molar-refractivity contribution in [3.05, 3.63) is 35.4 Å². The minimum Gasteiger partial charge on any atom is -0.434 e. The number of rotatable bonds is 10. The molecule has 6 nitrogen and oxygen atoms in total. The molecule has 0 radical (unpaired) electrons. The second kappa shape index (κ2) is 12.1. The van der Waals surface area contributed by atoms with Gasteiger partial charge >= 0.3 is 12.3 Å². The standard InChI is InChI=1S/C24H32O6/c1-5-7-9-13-27-23(25)29-21-16-18(4)22(20-15-17(3)11-12-19(20)21)30-24(26)28-14-10-8-6-2/h11-12,15-16H,5-10,13-14H2,1-4H3. The van der Waals surface area contributed by atoms with E-state index in [0.717, 1.165) is 44.1 Å². The molecule has 2 aromatic rings. The molecule has 0 saturated heterocycles. The van der Waals surface area contributed by atoms with Gasteiger partial charge in [-0.1, -0.05) is 57.2 Å². The molecule has 0 spiro atoms. The normalized spacial score (nSPS) is 10.7. The van der Waals surface area contributed by atoms with Crippen molar-refractivity contribution in [3.8, 4) is 11.5 Å². The van der Waals surface area contributed by atoms with Crippen molar-refractivity contribution < 1.29 is 28.5 Å². The zero-order valence-electron chi connectivity index (χ0n) is 18.4. The van der Waals surface area contributed by atoms with Crippen LogP contribution in [0.2, 0.25) is 0 Å². The van der Waals surface area contributed by atoms with Crippen LogP contribution in [0.25, 0.3) is 10.8 Å². The fourth-order valence-corrected chi connectivity index (χ4v) is 3.08. The van der Waals surface area contributed by atoms with Gasteiger partial charge in [0.1, 0.15) is 11.5 Å². The summed E-state index contributed by atoms with van der Waals surface area (Å²) >= 11 is 0. The third-order valence-corrected chi connectivity index (χ3v) is 4.71.